The Kier molecular flexibility index (Phi) is 4.81. The summed E-state index contributed by atoms with van der Waals surface area (Å²) >= 11 is 0. The molecule has 2 aromatic rings. The molecule has 2 aromatic carbocycles. The third kappa shape index (κ3) is 3.95. The summed E-state index contributed by atoms with van der Waals surface area (Å²) in [5, 5.41) is 0. The van der Waals surface area contributed by atoms with E-state index in [0.717, 1.165) is 11.1 Å². The predicted molar refractivity (Wildman–Crippen MR) is 81.6 cm³/mol. The van der Waals surface area contributed by atoms with E-state index in [9.17, 15) is 4.39 Å². The summed E-state index contributed by atoms with van der Waals surface area (Å²) in [5.41, 5.74) is 7.63. The number of hydrogen-bond acceptors (Lipinski definition) is 3. The second-order valence-corrected chi connectivity index (χ2v) is 5.19. The van der Waals surface area contributed by atoms with Gasteiger partial charge in [-0.2, -0.15) is 0 Å². The van der Waals surface area contributed by atoms with Crippen LogP contribution in [-0.2, 0) is 6.42 Å². The summed E-state index contributed by atoms with van der Waals surface area (Å²) < 4.78 is 24.6. The van der Waals surface area contributed by atoms with Crippen LogP contribution in [0.2, 0.25) is 0 Å². The molecule has 3 nitrogen and oxygen atoms in total. The Hall–Kier alpha value is -2.07. The fourth-order valence-corrected chi connectivity index (χ4v) is 2.13. The van der Waals surface area contributed by atoms with Crippen LogP contribution < -0.4 is 15.2 Å². The van der Waals surface area contributed by atoms with E-state index in [2.05, 4.69) is 0 Å². The highest BCUT2D eigenvalue weighted by Crippen LogP contribution is 2.34. The van der Waals surface area contributed by atoms with Crippen LogP contribution in [0.1, 0.15) is 18.1 Å². The Morgan fingerprint density at radius 3 is 2.48 bits per heavy atom. The largest absolute Gasteiger partial charge is 0.493 e. The van der Waals surface area contributed by atoms with E-state index in [1.165, 1.54) is 12.1 Å². The Morgan fingerprint density at radius 1 is 1.10 bits per heavy atom. The van der Waals surface area contributed by atoms with E-state index in [1.54, 1.807) is 13.2 Å². The molecule has 2 N–H and O–H groups in total. The van der Waals surface area contributed by atoms with Crippen molar-refractivity contribution in [3.05, 3.63) is 53.3 Å². The fraction of sp³-hybridized carbons (Fsp3) is 0.294. The molecule has 0 saturated carbocycles. The molecule has 0 aliphatic heterocycles. The van der Waals surface area contributed by atoms with Crippen LogP contribution in [0.25, 0.3) is 0 Å². The lowest BCUT2D eigenvalue weighted by molar-refractivity contribution is 0.376. The van der Waals surface area contributed by atoms with Gasteiger partial charge in [0.05, 0.1) is 7.11 Å². The first kappa shape index (κ1) is 15.3. The van der Waals surface area contributed by atoms with Crippen molar-refractivity contribution in [2.45, 2.75) is 26.3 Å². The second-order valence-electron chi connectivity index (χ2n) is 5.19. The number of nitrogens with two attached hydrogens (primary N) is 1. The van der Waals surface area contributed by atoms with Crippen LogP contribution in [-0.4, -0.2) is 13.2 Å². The van der Waals surface area contributed by atoms with Crippen molar-refractivity contribution < 1.29 is 13.9 Å². The minimum atomic E-state index is -0.297. The van der Waals surface area contributed by atoms with Gasteiger partial charge in [-0.25, -0.2) is 4.39 Å². The van der Waals surface area contributed by atoms with E-state index >= 15 is 0 Å². The minimum Gasteiger partial charge on any atom is -0.493 e. The standard InChI is InChI=1S/C17H20FNO2/c1-11-4-6-16(17(8-11)20-3)21-15-7-5-14(18)10-13(15)9-12(2)19/h4-8,10,12H,9,19H2,1-3H3. The van der Waals surface area contributed by atoms with Crippen LogP contribution in [0, 0.1) is 12.7 Å². The molecule has 112 valence electrons. The van der Waals surface area contributed by atoms with Crippen molar-refractivity contribution in [2.75, 3.05) is 7.11 Å². The summed E-state index contributed by atoms with van der Waals surface area (Å²) in [7, 11) is 1.59. The number of aryl methyl sites for hydroxylation is 1. The van der Waals surface area contributed by atoms with Crippen molar-refractivity contribution >= 4 is 0 Å². The van der Waals surface area contributed by atoms with E-state index in [1.807, 2.05) is 32.0 Å². The van der Waals surface area contributed by atoms with Crippen molar-refractivity contribution in [1.82, 2.24) is 0 Å². The lowest BCUT2D eigenvalue weighted by atomic mass is 10.1. The maximum Gasteiger partial charge on any atom is 0.169 e. The number of ether oxygens (including phenoxy) is 2. The number of methoxy groups -OCH3 is 1. The number of hydrogen-bond donors (Lipinski definition) is 1. The average molecular weight is 289 g/mol. The van der Waals surface area contributed by atoms with Gasteiger partial charge >= 0.3 is 0 Å². The van der Waals surface area contributed by atoms with Crippen LogP contribution in [0.3, 0.4) is 0 Å². The number of benzene rings is 2. The molecular formula is C17H20FNO2. The highest BCUT2D eigenvalue weighted by atomic mass is 19.1. The molecule has 0 radical (unpaired) electrons. The van der Waals surface area contributed by atoms with Crippen LogP contribution in [0.5, 0.6) is 17.2 Å². The SMILES string of the molecule is COc1cc(C)ccc1Oc1ccc(F)cc1CC(C)N. The van der Waals surface area contributed by atoms with Gasteiger partial charge in [-0.1, -0.05) is 6.07 Å². The van der Waals surface area contributed by atoms with Crippen LogP contribution >= 0.6 is 0 Å². The minimum absolute atomic E-state index is 0.0749. The highest BCUT2D eigenvalue weighted by molar-refractivity contribution is 5.47. The highest BCUT2D eigenvalue weighted by Gasteiger charge is 2.11. The molecule has 0 aliphatic carbocycles. The molecule has 0 heterocycles. The molecule has 0 aliphatic rings. The van der Waals surface area contributed by atoms with E-state index < -0.39 is 0 Å². The monoisotopic (exact) mass is 289 g/mol. The van der Waals surface area contributed by atoms with E-state index in [0.29, 0.717) is 23.7 Å². The third-order valence-electron chi connectivity index (χ3n) is 3.10. The Bertz CT molecular complexity index is 626. The smallest absolute Gasteiger partial charge is 0.169 e. The first-order chi connectivity index (χ1) is 9.99. The molecule has 1 atom stereocenters. The van der Waals surface area contributed by atoms with Gasteiger partial charge in [0.1, 0.15) is 11.6 Å². The Balaban J connectivity index is 2.35. The van der Waals surface area contributed by atoms with Gasteiger partial charge in [-0.3, -0.25) is 0 Å². The molecule has 0 bridgehead atoms. The van der Waals surface area contributed by atoms with Gasteiger partial charge in [-0.05, 0) is 61.7 Å². The summed E-state index contributed by atoms with van der Waals surface area (Å²) in [5.74, 6) is 1.54. The average Bonchev–Trinajstić information content (AvgIpc) is 2.42. The lowest BCUT2D eigenvalue weighted by Crippen LogP contribution is -2.18. The van der Waals surface area contributed by atoms with Gasteiger partial charge in [0.25, 0.3) is 0 Å². The molecular weight excluding hydrogens is 269 g/mol. The molecule has 0 spiro atoms. The zero-order chi connectivity index (χ0) is 15.4. The zero-order valence-electron chi connectivity index (χ0n) is 12.5. The quantitative estimate of drug-likeness (QED) is 0.910. The summed E-state index contributed by atoms with van der Waals surface area (Å²) in [6, 6.07) is 10.0. The van der Waals surface area contributed by atoms with Crippen LogP contribution in [0.4, 0.5) is 4.39 Å². The van der Waals surface area contributed by atoms with Gasteiger partial charge in [0.15, 0.2) is 11.5 Å². The van der Waals surface area contributed by atoms with E-state index in [-0.39, 0.29) is 11.9 Å². The molecule has 21 heavy (non-hydrogen) atoms. The van der Waals surface area contributed by atoms with Gasteiger partial charge in [0, 0.05) is 6.04 Å². The first-order valence-electron chi connectivity index (χ1n) is 6.86. The Morgan fingerprint density at radius 2 is 1.81 bits per heavy atom. The molecule has 4 heteroatoms. The van der Waals surface area contributed by atoms with Crippen molar-refractivity contribution in [2.24, 2.45) is 5.73 Å². The Labute approximate surface area is 124 Å². The second kappa shape index (κ2) is 6.59. The molecule has 0 aromatic heterocycles. The van der Waals surface area contributed by atoms with Crippen molar-refractivity contribution in [3.63, 3.8) is 0 Å². The molecule has 0 saturated heterocycles. The van der Waals surface area contributed by atoms with E-state index in [4.69, 9.17) is 15.2 Å². The topological polar surface area (TPSA) is 44.5 Å². The third-order valence-corrected chi connectivity index (χ3v) is 3.10. The van der Waals surface area contributed by atoms with Crippen molar-refractivity contribution in [1.29, 1.82) is 0 Å². The molecule has 0 amide bonds. The molecule has 2 rings (SSSR count). The maximum absolute atomic E-state index is 13.4. The summed E-state index contributed by atoms with van der Waals surface area (Å²) in [6.45, 7) is 3.85. The van der Waals surface area contributed by atoms with Gasteiger partial charge in [0.2, 0.25) is 0 Å². The fourth-order valence-electron chi connectivity index (χ4n) is 2.13. The van der Waals surface area contributed by atoms with Crippen molar-refractivity contribution in [3.8, 4) is 17.2 Å². The van der Waals surface area contributed by atoms with Gasteiger partial charge < -0.3 is 15.2 Å². The summed E-state index contributed by atoms with van der Waals surface area (Å²) in [4.78, 5) is 0. The summed E-state index contributed by atoms with van der Waals surface area (Å²) in [6.07, 6.45) is 0.543. The number of halogens is 1. The zero-order valence-corrected chi connectivity index (χ0v) is 12.5. The normalized spacial score (nSPS) is 12.0. The van der Waals surface area contributed by atoms with Crippen LogP contribution in [0.15, 0.2) is 36.4 Å². The predicted octanol–water partition coefficient (Wildman–Crippen LogP) is 3.82. The molecule has 0 fully saturated rings. The number of rotatable bonds is 5. The molecule has 1 unspecified atom stereocenters. The lowest BCUT2D eigenvalue weighted by Gasteiger charge is -2.15. The van der Waals surface area contributed by atoms with Gasteiger partial charge in [-0.15, -0.1) is 0 Å². The first-order valence-corrected chi connectivity index (χ1v) is 6.86. The maximum atomic E-state index is 13.4.